The Morgan fingerprint density at radius 3 is 2.40 bits per heavy atom. The van der Waals surface area contributed by atoms with Crippen LogP contribution >= 0.6 is 12.4 Å². The molecule has 0 aromatic heterocycles. The van der Waals surface area contributed by atoms with Crippen molar-refractivity contribution in [1.29, 1.82) is 0 Å². The molecule has 0 bridgehead atoms. The number of amides is 1. The summed E-state index contributed by atoms with van der Waals surface area (Å²) in [4.78, 5) is 13.8. The molecule has 0 spiro atoms. The number of rotatable bonds is 1. The van der Waals surface area contributed by atoms with Gasteiger partial charge < -0.3 is 10.6 Å². The zero-order valence-electron chi connectivity index (χ0n) is 9.15. The van der Waals surface area contributed by atoms with E-state index in [4.69, 9.17) is 5.73 Å². The van der Waals surface area contributed by atoms with Crippen LogP contribution in [0.15, 0.2) is 0 Å². The predicted octanol–water partition coefficient (Wildman–Crippen LogP) is 1.69. The first-order valence-corrected chi connectivity index (χ1v) is 5.82. The van der Waals surface area contributed by atoms with E-state index in [1.54, 1.807) is 0 Å². The lowest BCUT2D eigenvalue weighted by atomic mass is 9.89. The molecule has 2 aliphatic rings. The molecule has 0 radical (unpaired) electrons. The van der Waals surface area contributed by atoms with Gasteiger partial charge in [0.2, 0.25) is 5.91 Å². The number of piperidine rings is 1. The Kier molecular flexibility index (Phi) is 4.87. The summed E-state index contributed by atoms with van der Waals surface area (Å²) < 4.78 is 0. The number of hydrogen-bond acceptors (Lipinski definition) is 2. The highest BCUT2D eigenvalue weighted by molar-refractivity contribution is 5.85. The summed E-state index contributed by atoms with van der Waals surface area (Å²) >= 11 is 0. The van der Waals surface area contributed by atoms with E-state index in [0.717, 1.165) is 45.1 Å². The Balaban J connectivity index is 0.00000112. The largest absolute Gasteiger partial charge is 0.340 e. The van der Waals surface area contributed by atoms with Crippen LogP contribution in [0.25, 0.3) is 0 Å². The Morgan fingerprint density at radius 1 is 1.13 bits per heavy atom. The number of carbonyl (C=O) groups excluding carboxylic acids is 1. The summed E-state index contributed by atoms with van der Waals surface area (Å²) in [5.74, 6) is 0.372. The molecule has 0 aromatic carbocycles. The van der Waals surface area contributed by atoms with Crippen LogP contribution in [0.3, 0.4) is 0 Å². The lowest BCUT2D eigenvalue weighted by molar-refractivity contribution is -0.136. The van der Waals surface area contributed by atoms with E-state index < -0.39 is 0 Å². The Bertz CT molecular complexity index is 215. The minimum atomic E-state index is 0. The molecule has 1 heterocycles. The normalized spacial score (nSPS) is 32.3. The minimum absolute atomic E-state index is 0. The molecule has 1 saturated heterocycles. The van der Waals surface area contributed by atoms with Gasteiger partial charge in [-0.3, -0.25) is 4.79 Å². The summed E-state index contributed by atoms with van der Waals surface area (Å²) in [6.07, 6.45) is 7.46. The first kappa shape index (κ1) is 12.8. The molecule has 1 amide bonds. The van der Waals surface area contributed by atoms with Gasteiger partial charge in [0.15, 0.2) is 0 Å². The van der Waals surface area contributed by atoms with Crippen molar-refractivity contribution in [2.24, 2.45) is 5.73 Å². The fourth-order valence-electron chi connectivity index (χ4n) is 2.63. The topological polar surface area (TPSA) is 46.3 Å². The number of halogens is 1. The van der Waals surface area contributed by atoms with E-state index in [1.807, 2.05) is 0 Å². The molecule has 1 saturated carbocycles. The molecule has 15 heavy (non-hydrogen) atoms. The van der Waals surface area contributed by atoms with Crippen molar-refractivity contribution in [3.05, 3.63) is 0 Å². The first-order valence-electron chi connectivity index (χ1n) is 5.82. The Labute approximate surface area is 97.8 Å². The van der Waals surface area contributed by atoms with Crippen LogP contribution in [0, 0.1) is 0 Å². The van der Waals surface area contributed by atoms with Crippen molar-refractivity contribution < 1.29 is 4.79 Å². The van der Waals surface area contributed by atoms with Crippen molar-refractivity contribution in [3.8, 4) is 0 Å². The van der Waals surface area contributed by atoms with Gasteiger partial charge in [0.05, 0.1) is 0 Å². The molecule has 1 aliphatic heterocycles. The average Bonchev–Trinajstić information content (AvgIpc) is 2.20. The number of likely N-dealkylation sites (tertiary alicyclic amines) is 1. The van der Waals surface area contributed by atoms with E-state index in [9.17, 15) is 4.79 Å². The third-order valence-corrected chi connectivity index (χ3v) is 3.54. The third-order valence-electron chi connectivity index (χ3n) is 3.54. The molecule has 3 nitrogen and oxygen atoms in total. The average molecular weight is 233 g/mol. The third kappa shape index (κ3) is 3.08. The lowest BCUT2D eigenvalue weighted by Gasteiger charge is -2.38. The van der Waals surface area contributed by atoms with Gasteiger partial charge in [-0.05, 0) is 38.5 Å². The smallest absolute Gasteiger partial charge is 0.222 e. The van der Waals surface area contributed by atoms with Gasteiger partial charge in [-0.2, -0.15) is 0 Å². The molecule has 4 heteroatoms. The van der Waals surface area contributed by atoms with Crippen LogP contribution in [-0.2, 0) is 4.79 Å². The van der Waals surface area contributed by atoms with E-state index in [2.05, 4.69) is 4.90 Å². The molecule has 2 N–H and O–H groups in total. The fraction of sp³-hybridized carbons (Fsp3) is 0.909. The van der Waals surface area contributed by atoms with Crippen molar-refractivity contribution in [1.82, 2.24) is 4.90 Å². The summed E-state index contributed by atoms with van der Waals surface area (Å²) in [7, 11) is 0. The second kappa shape index (κ2) is 5.71. The highest BCUT2D eigenvalue weighted by Crippen LogP contribution is 2.25. The second-order valence-corrected chi connectivity index (χ2v) is 4.61. The molecule has 2 fully saturated rings. The van der Waals surface area contributed by atoms with Gasteiger partial charge in [-0.25, -0.2) is 0 Å². The SMILES string of the molecule is Cl.NC1CCC(N2CCCCC2=O)CC1. The highest BCUT2D eigenvalue weighted by Gasteiger charge is 2.28. The molecule has 88 valence electrons. The maximum atomic E-state index is 11.7. The Hall–Kier alpha value is -0.280. The van der Waals surface area contributed by atoms with Gasteiger partial charge >= 0.3 is 0 Å². The Morgan fingerprint density at radius 2 is 1.80 bits per heavy atom. The highest BCUT2D eigenvalue weighted by atomic mass is 35.5. The molecule has 2 rings (SSSR count). The molecule has 0 atom stereocenters. The van der Waals surface area contributed by atoms with Gasteiger partial charge in [0.25, 0.3) is 0 Å². The number of nitrogens with two attached hydrogens (primary N) is 1. The van der Waals surface area contributed by atoms with Crippen LogP contribution in [0.1, 0.15) is 44.9 Å². The van der Waals surface area contributed by atoms with Crippen molar-refractivity contribution in [2.75, 3.05) is 6.54 Å². The van der Waals surface area contributed by atoms with Crippen LogP contribution in [0.2, 0.25) is 0 Å². The van der Waals surface area contributed by atoms with E-state index in [-0.39, 0.29) is 12.4 Å². The van der Waals surface area contributed by atoms with Crippen LogP contribution in [-0.4, -0.2) is 29.4 Å². The molecule has 0 unspecified atom stereocenters. The molecular weight excluding hydrogens is 212 g/mol. The van der Waals surface area contributed by atoms with Crippen LogP contribution in [0.4, 0.5) is 0 Å². The van der Waals surface area contributed by atoms with E-state index in [1.165, 1.54) is 6.42 Å². The van der Waals surface area contributed by atoms with E-state index >= 15 is 0 Å². The summed E-state index contributed by atoms with van der Waals surface area (Å²) in [5.41, 5.74) is 5.86. The van der Waals surface area contributed by atoms with Crippen LogP contribution in [0.5, 0.6) is 0 Å². The summed E-state index contributed by atoms with van der Waals surface area (Å²) in [6.45, 7) is 0.985. The van der Waals surface area contributed by atoms with E-state index in [0.29, 0.717) is 18.0 Å². The molecule has 0 aromatic rings. The second-order valence-electron chi connectivity index (χ2n) is 4.61. The predicted molar refractivity (Wildman–Crippen MR) is 63.0 cm³/mol. The van der Waals surface area contributed by atoms with Gasteiger partial charge in [-0.1, -0.05) is 0 Å². The minimum Gasteiger partial charge on any atom is -0.340 e. The maximum absolute atomic E-state index is 11.7. The zero-order valence-corrected chi connectivity index (χ0v) is 9.97. The number of carbonyl (C=O) groups is 1. The first-order chi connectivity index (χ1) is 6.77. The fourth-order valence-corrected chi connectivity index (χ4v) is 2.63. The zero-order chi connectivity index (χ0) is 9.97. The van der Waals surface area contributed by atoms with Crippen molar-refractivity contribution in [3.63, 3.8) is 0 Å². The maximum Gasteiger partial charge on any atom is 0.222 e. The number of nitrogens with zero attached hydrogens (tertiary/aromatic N) is 1. The summed E-state index contributed by atoms with van der Waals surface area (Å²) in [6, 6.07) is 0.883. The van der Waals surface area contributed by atoms with Gasteiger partial charge in [0.1, 0.15) is 0 Å². The number of hydrogen-bond donors (Lipinski definition) is 1. The standard InChI is InChI=1S/C11H20N2O.ClH/c12-9-4-6-10(7-5-9)13-8-2-1-3-11(13)14;/h9-10H,1-8,12H2;1H. The van der Waals surface area contributed by atoms with Crippen molar-refractivity contribution >= 4 is 18.3 Å². The monoisotopic (exact) mass is 232 g/mol. The van der Waals surface area contributed by atoms with Gasteiger partial charge in [0, 0.05) is 25.0 Å². The summed E-state index contributed by atoms with van der Waals surface area (Å²) in [5, 5.41) is 0. The van der Waals surface area contributed by atoms with Crippen molar-refractivity contribution in [2.45, 2.75) is 57.0 Å². The van der Waals surface area contributed by atoms with Crippen LogP contribution < -0.4 is 5.73 Å². The lowest BCUT2D eigenvalue weighted by Crippen LogP contribution is -2.46. The quantitative estimate of drug-likeness (QED) is 0.748. The molecular formula is C11H21ClN2O. The molecule has 1 aliphatic carbocycles. The van der Waals surface area contributed by atoms with Gasteiger partial charge in [-0.15, -0.1) is 12.4 Å².